The van der Waals surface area contributed by atoms with Gasteiger partial charge >= 0.3 is 0 Å². The van der Waals surface area contributed by atoms with Crippen molar-refractivity contribution in [2.45, 2.75) is 6.92 Å². The first-order valence-electron chi connectivity index (χ1n) is 5.27. The molecule has 0 unspecified atom stereocenters. The summed E-state index contributed by atoms with van der Waals surface area (Å²) in [5.41, 5.74) is 2.56. The number of aryl methyl sites for hydroxylation is 1. The van der Waals surface area contributed by atoms with Crippen molar-refractivity contribution in [3.63, 3.8) is 0 Å². The van der Waals surface area contributed by atoms with Crippen LogP contribution >= 0.6 is 22.6 Å². The second-order valence-corrected chi connectivity index (χ2v) is 5.13. The van der Waals surface area contributed by atoms with Crippen LogP contribution in [-0.4, -0.2) is 10.5 Å². The van der Waals surface area contributed by atoms with Gasteiger partial charge in [-0.05, 0) is 59.8 Å². The second kappa shape index (κ2) is 4.91. The first-order chi connectivity index (χ1) is 8.08. The van der Waals surface area contributed by atoms with Gasteiger partial charge in [-0.15, -0.1) is 0 Å². The average Bonchev–Trinajstić information content (AvgIpc) is 2.60. The van der Waals surface area contributed by atoms with E-state index in [1.807, 2.05) is 54.9 Å². The highest BCUT2D eigenvalue weighted by Gasteiger charge is 2.10. The highest BCUT2D eigenvalue weighted by Crippen LogP contribution is 2.14. The minimum atomic E-state index is -0.0809. The number of amides is 1. The van der Waals surface area contributed by atoms with E-state index in [4.69, 9.17) is 0 Å². The van der Waals surface area contributed by atoms with Crippen LogP contribution in [0.1, 0.15) is 16.2 Å². The van der Waals surface area contributed by atoms with Gasteiger partial charge < -0.3 is 9.88 Å². The van der Waals surface area contributed by atoms with E-state index >= 15 is 0 Å². The summed E-state index contributed by atoms with van der Waals surface area (Å²) in [4.78, 5) is 12.0. The molecule has 0 aliphatic heterocycles. The Balaban J connectivity index is 2.20. The van der Waals surface area contributed by atoms with Gasteiger partial charge in [-0.3, -0.25) is 4.79 Å². The molecular weight excluding hydrogens is 327 g/mol. The zero-order chi connectivity index (χ0) is 12.4. The normalized spacial score (nSPS) is 10.3. The van der Waals surface area contributed by atoms with Crippen LogP contribution in [0.2, 0.25) is 0 Å². The molecule has 1 aromatic heterocycles. The standard InChI is InChI=1S/C13H13IN2O/c1-9-6-7-12(16(9)2)13(17)15-11-5-3-4-10(14)8-11/h3-8H,1-2H3,(H,15,17). The van der Waals surface area contributed by atoms with Gasteiger partial charge in [0.05, 0.1) is 0 Å². The van der Waals surface area contributed by atoms with E-state index in [1.165, 1.54) is 0 Å². The molecule has 0 fully saturated rings. The van der Waals surface area contributed by atoms with Crippen LogP contribution in [-0.2, 0) is 7.05 Å². The topological polar surface area (TPSA) is 34.0 Å². The smallest absolute Gasteiger partial charge is 0.272 e. The Labute approximate surface area is 114 Å². The average molecular weight is 340 g/mol. The summed E-state index contributed by atoms with van der Waals surface area (Å²) in [6, 6.07) is 11.5. The van der Waals surface area contributed by atoms with Crippen LogP contribution in [0.4, 0.5) is 5.69 Å². The third kappa shape index (κ3) is 2.69. The number of nitrogens with zero attached hydrogens (tertiary/aromatic N) is 1. The summed E-state index contributed by atoms with van der Waals surface area (Å²) < 4.78 is 2.98. The maximum atomic E-state index is 12.0. The van der Waals surface area contributed by atoms with Gasteiger partial charge in [0.15, 0.2) is 0 Å². The first kappa shape index (κ1) is 12.2. The van der Waals surface area contributed by atoms with Crippen molar-refractivity contribution >= 4 is 34.2 Å². The first-order valence-corrected chi connectivity index (χ1v) is 6.35. The molecule has 0 bridgehead atoms. The minimum Gasteiger partial charge on any atom is -0.344 e. The Bertz CT molecular complexity index is 560. The van der Waals surface area contributed by atoms with Crippen molar-refractivity contribution in [2.75, 3.05) is 5.32 Å². The van der Waals surface area contributed by atoms with E-state index in [9.17, 15) is 4.79 Å². The van der Waals surface area contributed by atoms with Gasteiger partial charge in [0.25, 0.3) is 5.91 Å². The number of rotatable bonds is 2. The number of hydrogen-bond acceptors (Lipinski definition) is 1. The summed E-state index contributed by atoms with van der Waals surface area (Å²) >= 11 is 2.22. The molecule has 0 radical (unpaired) electrons. The van der Waals surface area contributed by atoms with Crippen molar-refractivity contribution in [1.82, 2.24) is 4.57 Å². The van der Waals surface area contributed by atoms with E-state index in [0.29, 0.717) is 5.69 Å². The predicted molar refractivity (Wildman–Crippen MR) is 77.3 cm³/mol. The lowest BCUT2D eigenvalue weighted by Crippen LogP contribution is -2.16. The Morgan fingerprint density at radius 3 is 2.65 bits per heavy atom. The zero-order valence-electron chi connectivity index (χ0n) is 9.70. The summed E-state index contributed by atoms with van der Waals surface area (Å²) in [5.74, 6) is -0.0809. The Morgan fingerprint density at radius 1 is 1.29 bits per heavy atom. The molecule has 88 valence electrons. The molecular formula is C13H13IN2O. The molecule has 17 heavy (non-hydrogen) atoms. The van der Waals surface area contributed by atoms with E-state index in [1.54, 1.807) is 0 Å². The quantitative estimate of drug-likeness (QED) is 0.837. The third-order valence-corrected chi connectivity index (χ3v) is 3.36. The monoisotopic (exact) mass is 340 g/mol. The molecule has 0 aliphatic carbocycles. The molecule has 1 heterocycles. The number of hydrogen-bond donors (Lipinski definition) is 1. The predicted octanol–water partition coefficient (Wildman–Crippen LogP) is 3.19. The Kier molecular flexibility index (Phi) is 3.51. The van der Waals surface area contributed by atoms with Gasteiger partial charge in [-0.1, -0.05) is 6.07 Å². The number of anilines is 1. The van der Waals surface area contributed by atoms with Crippen LogP contribution in [0, 0.1) is 10.5 Å². The Morgan fingerprint density at radius 2 is 2.06 bits per heavy atom. The van der Waals surface area contributed by atoms with Crippen LogP contribution in [0.5, 0.6) is 0 Å². The SMILES string of the molecule is Cc1ccc(C(=O)Nc2cccc(I)c2)n1C. The molecule has 1 aromatic carbocycles. The van der Waals surface area contributed by atoms with E-state index in [0.717, 1.165) is 15.0 Å². The third-order valence-electron chi connectivity index (χ3n) is 2.69. The van der Waals surface area contributed by atoms with Crippen LogP contribution in [0.3, 0.4) is 0 Å². The molecule has 3 nitrogen and oxygen atoms in total. The summed E-state index contributed by atoms with van der Waals surface area (Å²) in [6.07, 6.45) is 0. The summed E-state index contributed by atoms with van der Waals surface area (Å²) in [6.45, 7) is 1.97. The van der Waals surface area contributed by atoms with Crippen LogP contribution in [0.25, 0.3) is 0 Å². The minimum absolute atomic E-state index is 0.0809. The van der Waals surface area contributed by atoms with Crippen LogP contribution in [0.15, 0.2) is 36.4 Å². The van der Waals surface area contributed by atoms with Crippen molar-refractivity contribution in [2.24, 2.45) is 7.05 Å². The second-order valence-electron chi connectivity index (χ2n) is 3.88. The molecule has 2 aromatic rings. The zero-order valence-corrected chi connectivity index (χ0v) is 11.9. The highest BCUT2D eigenvalue weighted by molar-refractivity contribution is 14.1. The number of halogens is 1. The van der Waals surface area contributed by atoms with Gasteiger partial charge in [-0.2, -0.15) is 0 Å². The lowest BCUT2D eigenvalue weighted by atomic mass is 10.3. The molecule has 0 atom stereocenters. The summed E-state index contributed by atoms with van der Waals surface area (Å²) in [7, 11) is 1.89. The van der Waals surface area contributed by atoms with Gasteiger partial charge in [0, 0.05) is 22.0 Å². The largest absolute Gasteiger partial charge is 0.344 e. The number of carbonyl (C=O) groups is 1. The molecule has 2 rings (SSSR count). The molecule has 0 aliphatic rings. The number of benzene rings is 1. The molecule has 1 amide bonds. The van der Waals surface area contributed by atoms with Crippen molar-refractivity contribution in [3.05, 3.63) is 51.4 Å². The van der Waals surface area contributed by atoms with Crippen LogP contribution < -0.4 is 5.32 Å². The van der Waals surface area contributed by atoms with Gasteiger partial charge in [0.2, 0.25) is 0 Å². The maximum absolute atomic E-state index is 12.0. The molecule has 4 heteroatoms. The van der Waals surface area contributed by atoms with Gasteiger partial charge in [0.1, 0.15) is 5.69 Å². The number of aromatic nitrogens is 1. The van der Waals surface area contributed by atoms with E-state index < -0.39 is 0 Å². The Hall–Kier alpha value is -1.30. The van der Waals surface area contributed by atoms with E-state index in [-0.39, 0.29) is 5.91 Å². The molecule has 0 spiro atoms. The lowest BCUT2D eigenvalue weighted by molar-refractivity contribution is 0.101. The fourth-order valence-electron chi connectivity index (χ4n) is 1.60. The maximum Gasteiger partial charge on any atom is 0.272 e. The fraction of sp³-hybridized carbons (Fsp3) is 0.154. The fourth-order valence-corrected chi connectivity index (χ4v) is 2.15. The number of carbonyl (C=O) groups excluding carboxylic acids is 1. The molecule has 0 saturated carbocycles. The van der Waals surface area contributed by atoms with Gasteiger partial charge in [-0.25, -0.2) is 0 Å². The van der Waals surface area contributed by atoms with Crippen molar-refractivity contribution in [1.29, 1.82) is 0 Å². The lowest BCUT2D eigenvalue weighted by Gasteiger charge is -2.07. The summed E-state index contributed by atoms with van der Waals surface area (Å²) in [5, 5.41) is 2.89. The highest BCUT2D eigenvalue weighted by atomic mass is 127. The van der Waals surface area contributed by atoms with Crippen molar-refractivity contribution < 1.29 is 4.79 Å². The molecule has 1 N–H and O–H groups in total. The molecule has 0 saturated heterocycles. The number of nitrogens with one attached hydrogen (secondary N) is 1. The van der Waals surface area contributed by atoms with E-state index in [2.05, 4.69) is 27.9 Å². The van der Waals surface area contributed by atoms with Crippen molar-refractivity contribution in [3.8, 4) is 0 Å².